The van der Waals surface area contributed by atoms with E-state index in [1.54, 1.807) is 0 Å². The van der Waals surface area contributed by atoms with Crippen LogP contribution in [0.3, 0.4) is 0 Å². The van der Waals surface area contributed by atoms with Crippen LogP contribution in [-0.4, -0.2) is 29.4 Å². The van der Waals surface area contributed by atoms with Crippen molar-refractivity contribution in [3.8, 4) is 0 Å². The Labute approximate surface area is 119 Å². The summed E-state index contributed by atoms with van der Waals surface area (Å²) >= 11 is 0. The molecule has 1 saturated heterocycles. The van der Waals surface area contributed by atoms with Gasteiger partial charge in [-0.05, 0) is 22.8 Å². The molecule has 0 radical (unpaired) electrons. The van der Waals surface area contributed by atoms with E-state index in [4.69, 9.17) is 5.73 Å². The van der Waals surface area contributed by atoms with Crippen LogP contribution in [0.15, 0.2) is 42.5 Å². The van der Waals surface area contributed by atoms with Gasteiger partial charge in [0.25, 0.3) is 0 Å². The van der Waals surface area contributed by atoms with E-state index in [-0.39, 0.29) is 11.4 Å². The second-order valence-electron chi connectivity index (χ2n) is 5.78. The number of nitrogens with zero attached hydrogens (tertiary/aromatic N) is 1. The van der Waals surface area contributed by atoms with Crippen molar-refractivity contribution in [1.29, 1.82) is 0 Å². The Kier molecular flexibility index (Phi) is 3.22. The van der Waals surface area contributed by atoms with Crippen molar-refractivity contribution in [1.82, 2.24) is 4.90 Å². The van der Waals surface area contributed by atoms with E-state index >= 15 is 0 Å². The van der Waals surface area contributed by atoms with E-state index in [1.165, 1.54) is 10.8 Å². The van der Waals surface area contributed by atoms with Crippen molar-refractivity contribution < 1.29 is 4.79 Å². The zero-order valence-electron chi connectivity index (χ0n) is 11.8. The number of amides is 1. The van der Waals surface area contributed by atoms with Crippen LogP contribution in [0.4, 0.5) is 0 Å². The first-order valence-corrected chi connectivity index (χ1v) is 7.15. The highest BCUT2D eigenvalue weighted by Crippen LogP contribution is 2.24. The molecule has 1 aliphatic heterocycles. The Bertz CT molecular complexity index is 639. The predicted octanol–water partition coefficient (Wildman–Crippen LogP) is 2.33. The zero-order chi connectivity index (χ0) is 14.2. The summed E-state index contributed by atoms with van der Waals surface area (Å²) < 4.78 is 0. The molecule has 0 unspecified atom stereocenters. The van der Waals surface area contributed by atoms with Gasteiger partial charge in [-0.15, -0.1) is 0 Å². The number of likely N-dealkylation sites (tertiary alicyclic amines) is 1. The fourth-order valence-corrected chi connectivity index (χ4v) is 2.84. The maximum Gasteiger partial charge on any atom is 0.227 e. The molecular formula is C17H20N2O. The smallest absolute Gasteiger partial charge is 0.227 e. The largest absolute Gasteiger partial charge is 0.339 e. The third-order valence-electron chi connectivity index (χ3n) is 4.29. The Morgan fingerprint density at radius 1 is 1.20 bits per heavy atom. The average molecular weight is 268 g/mol. The van der Waals surface area contributed by atoms with E-state index in [9.17, 15) is 4.79 Å². The maximum atomic E-state index is 12.3. The van der Waals surface area contributed by atoms with Crippen LogP contribution in [0.25, 0.3) is 10.8 Å². The number of carbonyl (C=O) groups excluding carboxylic acids is 1. The number of nitrogens with two attached hydrogens (primary N) is 1. The Balaban J connectivity index is 1.76. The van der Waals surface area contributed by atoms with E-state index in [0.717, 1.165) is 12.0 Å². The average Bonchev–Trinajstić information content (AvgIpc) is 2.44. The molecule has 1 amide bonds. The van der Waals surface area contributed by atoms with Crippen LogP contribution < -0.4 is 5.73 Å². The molecule has 0 saturated carbocycles. The van der Waals surface area contributed by atoms with Crippen molar-refractivity contribution >= 4 is 16.7 Å². The van der Waals surface area contributed by atoms with Crippen molar-refractivity contribution in [3.05, 3.63) is 48.0 Å². The zero-order valence-corrected chi connectivity index (χ0v) is 11.8. The third-order valence-corrected chi connectivity index (χ3v) is 4.29. The summed E-state index contributed by atoms with van der Waals surface area (Å²) in [5.41, 5.74) is 7.06. The quantitative estimate of drug-likeness (QED) is 0.928. The van der Waals surface area contributed by atoms with Gasteiger partial charge in [0.05, 0.1) is 12.0 Å². The molecule has 1 heterocycles. The second-order valence-corrected chi connectivity index (χ2v) is 5.78. The highest BCUT2D eigenvalue weighted by atomic mass is 16.2. The van der Waals surface area contributed by atoms with Gasteiger partial charge in [-0.2, -0.15) is 0 Å². The Morgan fingerprint density at radius 2 is 1.90 bits per heavy atom. The highest BCUT2D eigenvalue weighted by Gasteiger charge is 2.40. The molecule has 2 aromatic rings. The van der Waals surface area contributed by atoms with Crippen molar-refractivity contribution in [3.63, 3.8) is 0 Å². The SMILES string of the molecule is CCC1(N)CN(C(=O)Cc2cccc3ccccc23)C1. The summed E-state index contributed by atoms with van der Waals surface area (Å²) in [7, 11) is 0. The molecule has 2 N–H and O–H groups in total. The first-order chi connectivity index (χ1) is 9.61. The molecule has 0 spiro atoms. The van der Waals surface area contributed by atoms with E-state index in [2.05, 4.69) is 25.1 Å². The minimum Gasteiger partial charge on any atom is -0.339 e. The van der Waals surface area contributed by atoms with Gasteiger partial charge in [-0.1, -0.05) is 49.4 Å². The fourth-order valence-electron chi connectivity index (χ4n) is 2.84. The van der Waals surface area contributed by atoms with Crippen LogP contribution in [0.1, 0.15) is 18.9 Å². The minimum atomic E-state index is -0.158. The van der Waals surface area contributed by atoms with Gasteiger partial charge < -0.3 is 10.6 Å². The predicted molar refractivity (Wildman–Crippen MR) is 81.4 cm³/mol. The number of fused-ring (bicyclic) bond motifs is 1. The summed E-state index contributed by atoms with van der Waals surface area (Å²) in [6, 6.07) is 14.3. The third kappa shape index (κ3) is 2.29. The number of rotatable bonds is 3. The summed E-state index contributed by atoms with van der Waals surface area (Å²) in [6.45, 7) is 3.45. The molecule has 3 nitrogen and oxygen atoms in total. The van der Waals surface area contributed by atoms with Crippen LogP contribution in [0.5, 0.6) is 0 Å². The number of carbonyl (C=O) groups is 1. The molecule has 3 rings (SSSR count). The summed E-state index contributed by atoms with van der Waals surface area (Å²) in [4.78, 5) is 14.2. The van der Waals surface area contributed by atoms with Gasteiger partial charge in [0, 0.05) is 13.1 Å². The van der Waals surface area contributed by atoms with Crippen LogP contribution in [-0.2, 0) is 11.2 Å². The van der Waals surface area contributed by atoms with Gasteiger partial charge in [0.1, 0.15) is 0 Å². The normalized spacial score (nSPS) is 17.0. The van der Waals surface area contributed by atoms with Crippen LogP contribution in [0.2, 0.25) is 0 Å². The lowest BCUT2D eigenvalue weighted by Gasteiger charge is -2.47. The summed E-state index contributed by atoms with van der Waals surface area (Å²) in [5.74, 6) is 0.177. The van der Waals surface area contributed by atoms with Crippen molar-refractivity contribution in [2.24, 2.45) is 5.73 Å². The van der Waals surface area contributed by atoms with Crippen LogP contribution >= 0.6 is 0 Å². The molecule has 0 aliphatic carbocycles. The molecule has 0 aromatic heterocycles. The van der Waals surface area contributed by atoms with Gasteiger partial charge in [-0.3, -0.25) is 4.79 Å². The standard InChI is InChI=1S/C17H20N2O/c1-2-17(18)11-19(12-17)16(20)10-14-8-5-7-13-6-3-4-9-15(13)14/h3-9H,2,10-12,18H2,1H3. The molecule has 104 valence electrons. The molecule has 2 aromatic carbocycles. The monoisotopic (exact) mass is 268 g/mol. The summed E-state index contributed by atoms with van der Waals surface area (Å²) in [5, 5.41) is 2.35. The molecule has 3 heteroatoms. The lowest BCUT2D eigenvalue weighted by atomic mass is 9.87. The van der Waals surface area contributed by atoms with E-state index in [0.29, 0.717) is 19.5 Å². The first kappa shape index (κ1) is 13.1. The van der Waals surface area contributed by atoms with E-state index in [1.807, 2.05) is 29.2 Å². The van der Waals surface area contributed by atoms with Gasteiger partial charge in [-0.25, -0.2) is 0 Å². The Morgan fingerprint density at radius 3 is 2.65 bits per heavy atom. The fraction of sp³-hybridized carbons (Fsp3) is 0.353. The number of benzene rings is 2. The highest BCUT2D eigenvalue weighted by molar-refractivity contribution is 5.90. The lowest BCUT2D eigenvalue weighted by molar-refractivity contribution is -0.137. The van der Waals surface area contributed by atoms with Crippen molar-refractivity contribution in [2.75, 3.05) is 13.1 Å². The minimum absolute atomic E-state index is 0.158. The Hall–Kier alpha value is -1.87. The molecule has 0 bridgehead atoms. The molecule has 0 atom stereocenters. The maximum absolute atomic E-state index is 12.3. The molecule has 1 fully saturated rings. The van der Waals surface area contributed by atoms with Gasteiger partial charge >= 0.3 is 0 Å². The van der Waals surface area contributed by atoms with Gasteiger partial charge in [0.2, 0.25) is 5.91 Å². The van der Waals surface area contributed by atoms with Gasteiger partial charge in [0.15, 0.2) is 0 Å². The second kappa shape index (κ2) is 4.91. The lowest BCUT2D eigenvalue weighted by Crippen LogP contribution is -2.68. The molecule has 1 aliphatic rings. The molecular weight excluding hydrogens is 248 g/mol. The summed E-state index contributed by atoms with van der Waals surface area (Å²) in [6.07, 6.45) is 1.38. The topological polar surface area (TPSA) is 46.3 Å². The number of hydrogen-bond donors (Lipinski definition) is 1. The molecule has 20 heavy (non-hydrogen) atoms. The van der Waals surface area contributed by atoms with Crippen LogP contribution in [0, 0.1) is 0 Å². The first-order valence-electron chi connectivity index (χ1n) is 7.15. The van der Waals surface area contributed by atoms with E-state index < -0.39 is 0 Å². The number of hydrogen-bond acceptors (Lipinski definition) is 2. The van der Waals surface area contributed by atoms with Crippen molar-refractivity contribution in [2.45, 2.75) is 25.3 Å².